The molecule has 98 valence electrons. The maximum Gasteiger partial charge on any atom is 0.142 e. The number of anilines is 1. The van der Waals surface area contributed by atoms with Crippen LogP contribution in [0.15, 0.2) is 16.7 Å². The number of nitrogens with one attached hydrogen (secondary N) is 1. The summed E-state index contributed by atoms with van der Waals surface area (Å²) >= 11 is 3.64. The second-order valence-corrected chi connectivity index (χ2v) is 6.55. The number of aryl methyl sites for hydroxylation is 1. The summed E-state index contributed by atoms with van der Waals surface area (Å²) in [4.78, 5) is 6.94. The fourth-order valence-electron chi connectivity index (χ4n) is 3.30. The van der Waals surface area contributed by atoms with Crippen LogP contribution < -0.4 is 10.2 Å². The number of aromatic nitrogens is 1. The first-order valence-electron chi connectivity index (χ1n) is 6.74. The lowest BCUT2D eigenvalue weighted by molar-refractivity contribution is 0.353. The first kappa shape index (κ1) is 12.4. The van der Waals surface area contributed by atoms with Gasteiger partial charge in [-0.3, -0.25) is 0 Å². The van der Waals surface area contributed by atoms with Gasteiger partial charge in [-0.1, -0.05) is 0 Å². The molecular formula is C14H20BrN3. The third kappa shape index (κ3) is 2.28. The van der Waals surface area contributed by atoms with Gasteiger partial charge in [-0.2, -0.15) is 0 Å². The standard InChI is InChI=1S/C14H20BrN3/c1-9-5-13(15)14(16-8-9)18(2)12-6-10-3-4-11(7-12)17-10/h5,8,10-12,17H,3-4,6-7H2,1-2H3. The minimum Gasteiger partial charge on any atom is -0.356 e. The van der Waals surface area contributed by atoms with E-state index in [1.54, 1.807) is 0 Å². The summed E-state index contributed by atoms with van der Waals surface area (Å²) in [5, 5.41) is 3.69. The lowest BCUT2D eigenvalue weighted by Gasteiger charge is -2.36. The molecule has 3 nitrogen and oxygen atoms in total. The maximum atomic E-state index is 4.58. The number of hydrogen-bond acceptors (Lipinski definition) is 3. The van der Waals surface area contributed by atoms with Gasteiger partial charge in [0.05, 0.1) is 4.47 Å². The van der Waals surface area contributed by atoms with Gasteiger partial charge in [-0.25, -0.2) is 4.98 Å². The van der Waals surface area contributed by atoms with Crippen molar-refractivity contribution in [2.24, 2.45) is 0 Å². The topological polar surface area (TPSA) is 28.2 Å². The van der Waals surface area contributed by atoms with Crippen LogP contribution in [-0.4, -0.2) is 30.2 Å². The smallest absolute Gasteiger partial charge is 0.142 e. The molecule has 2 aliphatic rings. The molecule has 1 N–H and O–H groups in total. The summed E-state index contributed by atoms with van der Waals surface area (Å²) in [6.07, 6.45) is 7.13. The first-order valence-corrected chi connectivity index (χ1v) is 7.54. The molecule has 18 heavy (non-hydrogen) atoms. The Morgan fingerprint density at radius 1 is 1.33 bits per heavy atom. The minimum absolute atomic E-state index is 0.621. The zero-order valence-electron chi connectivity index (χ0n) is 11.0. The number of nitrogens with zero attached hydrogens (tertiary/aromatic N) is 2. The van der Waals surface area contributed by atoms with Crippen molar-refractivity contribution in [2.45, 2.75) is 50.7 Å². The Hall–Kier alpha value is -0.610. The highest BCUT2D eigenvalue weighted by atomic mass is 79.9. The van der Waals surface area contributed by atoms with Crippen molar-refractivity contribution >= 4 is 21.7 Å². The van der Waals surface area contributed by atoms with E-state index in [1.165, 1.54) is 31.2 Å². The van der Waals surface area contributed by atoms with E-state index in [0.29, 0.717) is 6.04 Å². The zero-order chi connectivity index (χ0) is 12.7. The van der Waals surface area contributed by atoms with Crippen molar-refractivity contribution in [3.63, 3.8) is 0 Å². The fraction of sp³-hybridized carbons (Fsp3) is 0.643. The van der Waals surface area contributed by atoms with Gasteiger partial charge in [0.1, 0.15) is 5.82 Å². The highest BCUT2D eigenvalue weighted by molar-refractivity contribution is 9.10. The van der Waals surface area contributed by atoms with E-state index < -0.39 is 0 Å². The van der Waals surface area contributed by atoms with E-state index in [4.69, 9.17) is 0 Å². The van der Waals surface area contributed by atoms with Crippen molar-refractivity contribution in [3.8, 4) is 0 Å². The zero-order valence-corrected chi connectivity index (χ0v) is 12.6. The monoisotopic (exact) mass is 309 g/mol. The second kappa shape index (κ2) is 4.82. The van der Waals surface area contributed by atoms with Gasteiger partial charge >= 0.3 is 0 Å². The number of piperidine rings is 1. The van der Waals surface area contributed by atoms with E-state index in [9.17, 15) is 0 Å². The molecule has 3 heterocycles. The molecule has 2 aliphatic heterocycles. The average Bonchev–Trinajstić information content (AvgIpc) is 2.67. The highest BCUT2D eigenvalue weighted by Gasteiger charge is 2.35. The van der Waals surface area contributed by atoms with Crippen molar-refractivity contribution in [3.05, 3.63) is 22.3 Å². The van der Waals surface area contributed by atoms with Crippen molar-refractivity contribution in [2.75, 3.05) is 11.9 Å². The Balaban J connectivity index is 1.79. The molecule has 0 aromatic carbocycles. The summed E-state index contributed by atoms with van der Waals surface area (Å²) in [6, 6.07) is 4.21. The third-order valence-electron chi connectivity index (χ3n) is 4.29. The lowest BCUT2D eigenvalue weighted by atomic mass is 9.98. The molecule has 1 aromatic rings. The molecular weight excluding hydrogens is 290 g/mol. The lowest BCUT2D eigenvalue weighted by Crippen LogP contribution is -2.47. The number of rotatable bonds is 2. The number of fused-ring (bicyclic) bond motifs is 2. The molecule has 2 saturated heterocycles. The summed E-state index contributed by atoms with van der Waals surface area (Å²) in [7, 11) is 2.18. The van der Waals surface area contributed by atoms with E-state index in [2.05, 4.69) is 51.2 Å². The van der Waals surface area contributed by atoms with Gasteiger partial charge in [0.15, 0.2) is 0 Å². The molecule has 0 radical (unpaired) electrons. The van der Waals surface area contributed by atoms with Crippen LogP contribution in [0.1, 0.15) is 31.2 Å². The Morgan fingerprint density at radius 3 is 2.61 bits per heavy atom. The molecule has 0 saturated carbocycles. The number of hydrogen-bond donors (Lipinski definition) is 1. The van der Waals surface area contributed by atoms with Crippen LogP contribution in [0.25, 0.3) is 0 Å². The highest BCUT2D eigenvalue weighted by Crippen LogP contribution is 2.33. The van der Waals surface area contributed by atoms with Gasteiger partial charge in [0.2, 0.25) is 0 Å². The molecule has 2 bridgehead atoms. The van der Waals surface area contributed by atoms with Crippen LogP contribution in [0.4, 0.5) is 5.82 Å². The molecule has 3 rings (SSSR count). The van der Waals surface area contributed by atoms with Crippen LogP contribution in [0.5, 0.6) is 0 Å². The summed E-state index contributed by atoms with van der Waals surface area (Å²) in [6.45, 7) is 2.08. The largest absolute Gasteiger partial charge is 0.356 e. The van der Waals surface area contributed by atoms with Crippen LogP contribution >= 0.6 is 15.9 Å². The van der Waals surface area contributed by atoms with Crippen molar-refractivity contribution in [1.82, 2.24) is 10.3 Å². The molecule has 0 spiro atoms. The summed E-state index contributed by atoms with van der Waals surface area (Å²) in [5.74, 6) is 1.08. The molecule has 1 aromatic heterocycles. The third-order valence-corrected chi connectivity index (χ3v) is 4.87. The molecule has 4 heteroatoms. The van der Waals surface area contributed by atoms with E-state index in [1.807, 2.05) is 6.20 Å². The van der Waals surface area contributed by atoms with Crippen molar-refractivity contribution < 1.29 is 0 Å². The van der Waals surface area contributed by atoms with Gasteiger partial charge in [0.25, 0.3) is 0 Å². The van der Waals surface area contributed by atoms with Gasteiger partial charge < -0.3 is 10.2 Å². The molecule has 2 unspecified atom stereocenters. The molecule has 2 atom stereocenters. The van der Waals surface area contributed by atoms with Crippen molar-refractivity contribution in [1.29, 1.82) is 0 Å². The second-order valence-electron chi connectivity index (χ2n) is 5.69. The predicted molar refractivity (Wildman–Crippen MR) is 78.0 cm³/mol. The Morgan fingerprint density at radius 2 is 2.00 bits per heavy atom. The molecule has 2 fully saturated rings. The summed E-state index contributed by atoms with van der Waals surface area (Å²) < 4.78 is 1.11. The minimum atomic E-state index is 0.621. The van der Waals surface area contributed by atoms with Gasteiger partial charge in [-0.15, -0.1) is 0 Å². The molecule has 0 amide bonds. The van der Waals surface area contributed by atoms with Crippen LogP contribution in [0.3, 0.4) is 0 Å². The number of halogens is 1. The molecule has 0 aliphatic carbocycles. The van der Waals surface area contributed by atoms with Crippen LogP contribution in [-0.2, 0) is 0 Å². The normalized spacial score (nSPS) is 30.5. The number of pyridine rings is 1. The quantitative estimate of drug-likeness (QED) is 0.910. The Kier molecular flexibility index (Phi) is 3.32. The summed E-state index contributed by atoms with van der Waals surface area (Å²) in [5.41, 5.74) is 1.20. The predicted octanol–water partition coefficient (Wildman–Crippen LogP) is 2.87. The Labute approximate surface area is 117 Å². The van der Waals surface area contributed by atoms with Gasteiger partial charge in [-0.05, 0) is 60.2 Å². The average molecular weight is 310 g/mol. The van der Waals surface area contributed by atoms with E-state index >= 15 is 0 Å². The van der Waals surface area contributed by atoms with E-state index in [-0.39, 0.29) is 0 Å². The maximum absolute atomic E-state index is 4.58. The van der Waals surface area contributed by atoms with E-state index in [0.717, 1.165) is 22.4 Å². The fourth-order valence-corrected chi connectivity index (χ4v) is 4.05. The Bertz CT molecular complexity index is 437. The SMILES string of the molecule is Cc1cnc(N(C)C2CC3CCC(C2)N3)c(Br)c1. The van der Waals surface area contributed by atoms with Gasteiger partial charge in [0, 0.05) is 31.4 Å². The first-order chi connectivity index (χ1) is 8.63. The van der Waals surface area contributed by atoms with Crippen LogP contribution in [0, 0.1) is 6.92 Å². The van der Waals surface area contributed by atoms with Crippen LogP contribution in [0.2, 0.25) is 0 Å².